The van der Waals surface area contributed by atoms with Gasteiger partial charge in [-0.25, -0.2) is 0 Å². The van der Waals surface area contributed by atoms with Crippen LogP contribution < -0.4 is 9.42 Å². The molecule has 3 aromatic heterocycles. The second-order valence-corrected chi connectivity index (χ2v) is 5.61. The molecule has 7 heteroatoms. The van der Waals surface area contributed by atoms with Crippen molar-refractivity contribution < 1.29 is 9.42 Å². The summed E-state index contributed by atoms with van der Waals surface area (Å²) in [6.07, 6.45) is 9.19. The number of rotatable bonds is 4. The summed E-state index contributed by atoms with van der Waals surface area (Å²) in [4.78, 5) is 8.50. The molecule has 0 bridgehead atoms. The molecule has 0 aliphatic heterocycles. The molecule has 0 fully saturated rings. The maximum atomic E-state index is 5.70. The molecule has 0 saturated heterocycles. The number of aromatic nitrogens is 6. The van der Waals surface area contributed by atoms with Gasteiger partial charge in [-0.2, -0.15) is 14.9 Å². The van der Waals surface area contributed by atoms with E-state index in [1.54, 1.807) is 30.5 Å². The van der Waals surface area contributed by atoms with Gasteiger partial charge in [0.05, 0.1) is 29.3 Å². The van der Waals surface area contributed by atoms with Crippen LogP contribution in [0.3, 0.4) is 0 Å². The van der Waals surface area contributed by atoms with Gasteiger partial charge < -0.3 is 4.74 Å². The smallest absolute Gasteiger partial charge is 0.307 e. The maximum Gasteiger partial charge on any atom is 0.307 e. The number of nitrogens with zero attached hydrogens (tertiary/aromatic N) is 4. The van der Waals surface area contributed by atoms with Gasteiger partial charge in [0.15, 0.2) is 0 Å². The van der Waals surface area contributed by atoms with Crippen molar-refractivity contribution in [1.29, 1.82) is 0 Å². The second-order valence-electron chi connectivity index (χ2n) is 5.61. The molecule has 0 aliphatic carbocycles. The summed E-state index contributed by atoms with van der Waals surface area (Å²) in [6.45, 7) is 0. The van der Waals surface area contributed by atoms with Crippen LogP contribution in [0, 0.1) is 0 Å². The highest BCUT2D eigenvalue weighted by Crippen LogP contribution is 2.36. The van der Waals surface area contributed by atoms with E-state index in [1.807, 2.05) is 43.5 Å². The second kappa shape index (κ2) is 6.20. The molecule has 0 aliphatic rings. The zero-order valence-corrected chi connectivity index (χ0v) is 13.9. The lowest BCUT2D eigenvalue weighted by Gasteiger charge is -2.06. The van der Waals surface area contributed by atoms with Gasteiger partial charge in [0.2, 0.25) is 0 Å². The van der Waals surface area contributed by atoms with E-state index in [0.717, 1.165) is 39.3 Å². The zero-order chi connectivity index (χ0) is 17.2. The monoisotopic (exact) mass is 333 g/mol. The number of methoxy groups -OCH3 is 1. The van der Waals surface area contributed by atoms with E-state index in [0.29, 0.717) is 0 Å². The van der Waals surface area contributed by atoms with Gasteiger partial charge in [0.25, 0.3) is 5.82 Å². The number of hydrogen-bond acceptors (Lipinski definition) is 4. The molecule has 0 saturated carbocycles. The van der Waals surface area contributed by atoms with Crippen molar-refractivity contribution in [2.75, 3.05) is 7.11 Å². The third kappa shape index (κ3) is 2.76. The third-order valence-electron chi connectivity index (χ3n) is 3.93. The van der Waals surface area contributed by atoms with E-state index in [1.165, 1.54) is 0 Å². The molecule has 0 spiro atoms. The Morgan fingerprint density at radius 2 is 2.12 bits per heavy atom. The molecule has 4 rings (SSSR count). The van der Waals surface area contributed by atoms with Crippen molar-refractivity contribution in [3.8, 4) is 17.1 Å². The lowest BCUT2D eigenvalue weighted by atomic mass is 10.1. The normalized spacial score (nSPS) is 11.4. The first-order chi connectivity index (χ1) is 12.3. The summed E-state index contributed by atoms with van der Waals surface area (Å²) in [6, 6.07) is 7.83. The third-order valence-corrected chi connectivity index (χ3v) is 3.93. The van der Waals surface area contributed by atoms with Gasteiger partial charge in [-0.3, -0.25) is 10.1 Å². The van der Waals surface area contributed by atoms with Crippen molar-refractivity contribution in [3.63, 3.8) is 0 Å². The summed E-state index contributed by atoms with van der Waals surface area (Å²) in [5.41, 5.74) is 3.59. The fourth-order valence-corrected chi connectivity index (χ4v) is 2.77. The lowest BCUT2D eigenvalue weighted by molar-refractivity contribution is -0.727. The van der Waals surface area contributed by atoms with E-state index < -0.39 is 0 Å². The maximum absolute atomic E-state index is 5.70. The molecule has 3 heterocycles. The Morgan fingerprint density at radius 3 is 2.84 bits per heavy atom. The van der Waals surface area contributed by atoms with Crippen molar-refractivity contribution in [2.24, 2.45) is 7.05 Å². The van der Waals surface area contributed by atoms with Gasteiger partial charge in [0.1, 0.15) is 12.8 Å². The number of benzene rings is 1. The molecule has 0 atom stereocenters. The van der Waals surface area contributed by atoms with Gasteiger partial charge in [-0.05, 0) is 34.8 Å². The standard InChI is InChI=1S/C18H16N6O/c1-24-11-20-18(23-24)13-6-8-15-16(17(13)25-2)14(21-22-15)7-5-12-4-3-9-19-10-12/h3-11H,1-2H3,(H,21,22,23)/p+1/b7-5+. The SMILES string of the molecule is COc1c(-c2nc[n+](C)[nH]2)ccc2[nH]nc(/C=C/c3cccnc3)c12. The predicted molar refractivity (Wildman–Crippen MR) is 94.6 cm³/mol. The fraction of sp³-hybridized carbons (Fsp3) is 0.111. The Labute approximate surface area is 144 Å². The highest BCUT2D eigenvalue weighted by molar-refractivity contribution is 5.98. The number of pyridine rings is 1. The zero-order valence-electron chi connectivity index (χ0n) is 13.9. The highest BCUT2D eigenvalue weighted by atomic mass is 16.5. The van der Waals surface area contributed by atoms with Gasteiger partial charge >= 0.3 is 6.33 Å². The van der Waals surface area contributed by atoms with Crippen molar-refractivity contribution >= 4 is 23.1 Å². The summed E-state index contributed by atoms with van der Waals surface area (Å²) >= 11 is 0. The van der Waals surface area contributed by atoms with Crippen LogP contribution in [0.4, 0.5) is 0 Å². The fourth-order valence-electron chi connectivity index (χ4n) is 2.77. The minimum Gasteiger partial charge on any atom is -0.495 e. The molecule has 0 unspecified atom stereocenters. The van der Waals surface area contributed by atoms with Crippen LogP contribution in [0.2, 0.25) is 0 Å². The Hall–Kier alpha value is -3.48. The minimum absolute atomic E-state index is 0.729. The average Bonchev–Trinajstić information content (AvgIpc) is 3.26. The van der Waals surface area contributed by atoms with Gasteiger partial charge in [0, 0.05) is 12.4 Å². The Balaban J connectivity index is 1.85. The summed E-state index contributed by atoms with van der Waals surface area (Å²) in [5.74, 6) is 1.47. The van der Waals surface area contributed by atoms with E-state index in [2.05, 4.69) is 25.3 Å². The van der Waals surface area contributed by atoms with Crippen molar-refractivity contribution in [1.82, 2.24) is 25.3 Å². The molecule has 2 N–H and O–H groups in total. The van der Waals surface area contributed by atoms with E-state index in [-0.39, 0.29) is 0 Å². The molecule has 1 aromatic carbocycles. The Morgan fingerprint density at radius 1 is 1.20 bits per heavy atom. The first kappa shape index (κ1) is 15.1. The van der Waals surface area contributed by atoms with Crippen molar-refractivity contribution in [2.45, 2.75) is 0 Å². The molecular formula is C18H17N6O+. The molecule has 25 heavy (non-hydrogen) atoms. The summed E-state index contributed by atoms with van der Waals surface area (Å²) in [5, 5.41) is 11.5. The highest BCUT2D eigenvalue weighted by Gasteiger charge is 2.20. The topological polar surface area (TPSA) is 83.4 Å². The number of fused-ring (bicyclic) bond motifs is 1. The number of aryl methyl sites for hydroxylation is 1. The number of aromatic amines is 2. The van der Waals surface area contributed by atoms with Gasteiger partial charge in [-0.15, -0.1) is 0 Å². The summed E-state index contributed by atoms with van der Waals surface area (Å²) < 4.78 is 7.49. The van der Waals surface area contributed by atoms with Crippen LogP contribution >= 0.6 is 0 Å². The first-order valence-corrected chi connectivity index (χ1v) is 7.80. The van der Waals surface area contributed by atoms with E-state index in [4.69, 9.17) is 4.74 Å². The molecule has 4 aromatic rings. The Bertz CT molecular complexity index is 1050. The molecule has 7 nitrogen and oxygen atoms in total. The lowest BCUT2D eigenvalue weighted by Crippen LogP contribution is -2.28. The number of nitrogens with one attached hydrogen (secondary N) is 2. The van der Waals surface area contributed by atoms with Crippen LogP contribution in [0.1, 0.15) is 11.3 Å². The molecule has 0 amide bonds. The predicted octanol–water partition coefficient (Wildman–Crippen LogP) is 2.35. The average molecular weight is 333 g/mol. The number of ether oxygens (including phenoxy) is 1. The largest absolute Gasteiger partial charge is 0.495 e. The molecule has 124 valence electrons. The van der Waals surface area contributed by atoms with Crippen LogP contribution in [0.15, 0.2) is 43.0 Å². The van der Waals surface area contributed by atoms with Crippen molar-refractivity contribution in [3.05, 3.63) is 54.2 Å². The minimum atomic E-state index is 0.729. The number of H-pyrrole nitrogens is 2. The van der Waals surface area contributed by atoms with Gasteiger partial charge in [-0.1, -0.05) is 12.1 Å². The first-order valence-electron chi connectivity index (χ1n) is 7.80. The summed E-state index contributed by atoms with van der Waals surface area (Å²) in [7, 11) is 3.55. The van der Waals surface area contributed by atoms with Crippen LogP contribution in [-0.4, -0.2) is 32.4 Å². The van der Waals surface area contributed by atoms with Crippen LogP contribution in [0.5, 0.6) is 5.75 Å². The number of hydrogen-bond donors (Lipinski definition) is 2. The van der Waals surface area contributed by atoms with E-state index >= 15 is 0 Å². The van der Waals surface area contributed by atoms with Crippen LogP contribution in [-0.2, 0) is 7.05 Å². The van der Waals surface area contributed by atoms with E-state index in [9.17, 15) is 0 Å². The molecular weight excluding hydrogens is 316 g/mol. The molecule has 0 radical (unpaired) electrons. The Kier molecular flexibility index (Phi) is 3.74. The quantitative estimate of drug-likeness (QED) is 0.562. The van der Waals surface area contributed by atoms with Crippen LogP contribution in [0.25, 0.3) is 34.4 Å².